The van der Waals surface area contributed by atoms with Crippen molar-refractivity contribution in [1.29, 1.82) is 0 Å². The summed E-state index contributed by atoms with van der Waals surface area (Å²) in [5.41, 5.74) is -0.586. The van der Waals surface area contributed by atoms with Crippen molar-refractivity contribution < 1.29 is 13.9 Å². The molecule has 0 unspecified atom stereocenters. The third kappa shape index (κ3) is 3.18. The van der Waals surface area contributed by atoms with E-state index in [0.29, 0.717) is 0 Å². The summed E-state index contributed by atoms with van der Waals surface area (Å²) in [4.78, 5) is 11.1. The highest BCUT2D eigenvalue weighted by molar-refractivity contribution is 5.68. The summed E-state index contributed by atoms with van der Waals surface area (Å²) in [6.07, 6.45) is -0.712. The molecule has 1 aliphatic heterocycles. The number of ether oxygens (including phenoxy) is 1. The minimum absolute atomic E-state index is 0.145. The van der Waals surface area contributed by atoms with E-state index in [4.69, 9.17) is 4.74 Å². The van der Waals surface area contributed by atoms with Crippen LogP contribution in [-0.4, -0.2) is 30.6 Å². The molecule has 1 amide bonds. The Hall–Kier alpha value is -0.840. The normalized spacial score (nSPS) is 20.3. The second kappa shape index (κ2) is 3.14. The molecule has 0 aromatic carbocycles. The average Bonchev–Trinajstić information content (AvgIpc) is 1.79. The lowest BCUT2D eigenvalue weighted by Gasteiger charge is -2.35. The number of alkyl carbamates (subject to hydrolysis) is 1. The molecule has 2 N–H and O–H groups in total. The molecule has 0 aromatic rings. The van der Waals surface area contributed by atoms with Crippen molar-refractivity contribution in [3.8, 4) is 0 Å². The van der Waals surface area contributed by atoms with Crippen LogP contribution in [0.4, 0.5) is 9.18 Å². The summed E-state index contributed by atoms with van der Waals surface area (Å²) in [7, 11) is 0. The molecule has 0 aliphatic carbocycles. The molecule has 13 heavy (non-hydrogen) atoms. The molecule has 1 rings (SSSR count). The molecular formula is C8H15FN2O2. The highest BCUT2D eigenvalue weighted by Crippen LogP contribution is 2.14. The van der Waals surface area contributed by atoms with E-state index < -0.39 is 17.5 Å². The number of rotatable bonds is 1. The molecular weight excluding hydrogens is 175 g/mol. The maximum Gasteiger partial charge on any atom is 0.410 e. The lowest BCUT2D eigenvalue weighted by Crippen LogP contribution is -2.66. The van der Waals surface area contributed by atoms with E-state index in [1.807, 2.05) is 0 Å². The van der Waals surface area contributed by atoms with Crippen LogP contribution in [0.1, 0.15) is 20.8 Å². The Bertz CT molecular complexity index is 209. The highest BCUT2D eigenvalue weighted by atomic mass is 19.1. The topological polar surface area (TPSA) is 50.4 Å². The monoisotopic (exact) mass is 190 g/mol. The molecule has 0 atom stereocenters. The minimum atomic E-state index is -1.62. The molecule has 0 radical (unpaired) electrons. The van der Waals surface area contributed by atoms with E-state index in [2.05, 4.69) is 10.6 Å². The van der Waals surface area contributed by atoms with E-state index in [9.17, 15) is 9.18 Å². The standard InChI is InChI=1S/C8H15FN2O2/c1-7(2,3)13-6(12)11-8(9)4-10-5-8/h10H,4-5H2,1-3H3,(H,11,12). The third-order valence-corrected chi connectivity index (χ3v) is 1.54. The Morgan fingerprint density at radius 1 is 1.54 bits per heavy atom. The van der Waals surface area contributed by atoms with Gasteiger partial charge in [-0.1, -0.05) is 0 Å². The lowest BCUT2D eigenvalue weighted by atomic mass is 10.1. The van der Waals surface area contributed by atoms with Gasteiger partial charge in [0.05, 0.1) is 13.1 Å². The summed E-state index contributed by atoms with van der Waals surface area (Å²) in [6.45, 7) is 5.49. The maximum absolute atomic E-state index is 13.3. The number of carbonyl (C=O) groups excluding carboxylic acids is 1. The van der Waals surface area contributed by atoms with E-state index in [0.717, 1.165) is 0 Å². The van der Waals surface area contributed by atoms with Crippen molar-refractivity contribution in [3.05, 3.63) is 0 Å². The van der Waals surface area contributed by atoms with E-state index in [1.165, 1.54) is 0 Å². The van der Waals surface area contributed by atoms with Crippen molar-refractivity contribution in [2.45, 2.75) is 32.2 Å². The van der Waals surface area contributed by atoms with Crippen molar-refractivity contribution in [2.75, 3.05) is 13.1 Å². The predicted octanol–water partition coefficient (Wildman–Crippen LogP) is 0.780. The Morgan fingerprint density at radius 3 is 2.38 bits per heavy atom. The SMILES string of the molecule is CC(C)(C)OC(=O)NC1(F)CNC1. The second-order valence-corrected chi connectivity index (χ2v) is 4.20. The van der Waals surface area contributed by atoms with Gasteiger partial charge in [-0.2, -0.15) is 0 Å². The van der Waals surface area contributed by atoms with Gasteiger partial charge in [-0.25, -0.2) is 9.18 Å². The van der Waals surface area contributed by atoms with Crippen molar-refractivity contribution in [3.63, 3.8) is 0 Å². The third-order valence-electron chi connectivity index (χ3n) is 1.54. The van der Waals surface area contributed by atoms with Gasteiger partial charge in [-0.15, -0.1) is 0 Å². The van der Waals surface area contributed by atoms with Crippen LogP contribution in [0, 0.1) is 0 Å². The number of hydrogen-bond acceptors (Lipinski definition) is 3. The van der Waals surface area contributed by atoms with Gasteiger partial charge in [0.25, 0.3) is 0 Å². The van der Waals surface area contributed by atoms with Crippen molar-refractivity contribution in [2.24, 2.45) is 0 Å². The predicted molar refractivity (Wildman–Crippen MR) is 46.1 cm³/mol. The van der Waals surface area contributed by atoms with Gasteiger partial charge >= 0.3 is 6.09 Å². The first kappa shape index (κ1) is 10.2. The van der Waals surface area contributed by atoms with Gasteiger partial charge in [0.1, 0.15) is 5.60 Å². The number of hydrogen-bond donors (Lipinski definition) is 2. The summed E-state index contributed by atoms with van der Waals surface area (Å²) < 4.78 is 18.1. The minimum Gasteiger partial charge on any atom is -0.444 e. The molecule has 0 bridgehead atoms. The van der Waals surface area contributed by atoms with E-state index in [-0.39, 0.29) is 13.1 Å². The largest absolute Gasteiger partial charge is 0.444 e. The van der Waals surface area contributed by atoms with E-state index in [1.54, 1.807) is 20.8 Å². The quantitative estimate of drug-likeness (QED) is 0.601. The van der Waals surface area contributed by atoms with Crippen molar-refractivity contribution in [1.82, 2.24) is 10.6 Å². The van der Waals surface area contributed by atoms with Crippen LogP contribution < -0.4 is 10.6 Å². The lowest BCUT2D eigenvalue weighted by molar-refractivity contribution is 0.0102. The fraction of sp³-hybridized carbons (Fsp3) is 0.875. The smallest absolute Gasteiger partial charge is 0.410 e. The molecule has 0 aromatic heterocycles. The Balaban J connectivity index is 2.33. The van der Waals surface area contributed by atoms with Crippen LogP contribution in [0.15, 0.2) is 0 Å². The molecule has 76 valence electrons. The van der Waals surface area contributed by atoms with Crippen LogP contribution in [0.25, 0.3) is 0 Å². The Labute approximate surface area is 76.8 Å². The zero-order chi connectivity index (χ0) is 10.1. The first-order valence-corrected chi connectivity index (χ1v) is 4.22. The van der Waals surface area contributed by atoms with E-state index >= 15 is 0 Å². The van der Waals surface area contributed by atoms with Crippen LogP contribution in [0.2, 0.25) is 0 Å². The molecule has 0 saturated carbocycles. The number of carbonyl (C=O) groups is 1. The summed E-state index contributed by atoms with van der Waals surface area (Å²) >= 11 is 0. The fourth-order valence-electron chi connectivity index (χ4n) is 0.919. The highest BCUT2D eigenvalue weighted by Gasteiger charge is 2.39. The van der Waals surface area contributed by atoms with Crippen LogP contribution >= 0.6 is 0 Å². The average molecular weight is 190 g/mol. The summed E-state index contributed by atoms with van der Waals surface area (Å²) in [6, 6.07) is 0. The first-order valence-electron chi connectivity index (χ1n) is 4.22. The molecule has 4 nitrogen and oxygen atoms in total. The summed E-state index contributed by atoms with van der Waals surface area (Å²) in [5.74, 6) is -1.62. The summed E-state index contributed by atoms with van der Waals surface area (Å²) in [5, 5.41) is 4.88. The number of alkyl halides is 1. The number of halogens is 1. The molecule has 0 spiro atoms. The van der Waals surface area contributed by atoms with Crippen LogP contribution in [-0.2, 0) is 4.74 Å². The van der Waals surface area contributed by atoms with Gasteiger partial charge in [0.2, 0.25) is 5.79 Å². The maximum atomic E-state index is 13.3. The second-order valence-electron chi connectivity index (χ2n) is 4.20. The molecule has 1 heterocycles. The zero-order valence-corrected chi connectivity index (χ0v) is 8.11. The fourth-order valence-corrected chi connectivity index (χ4v) is 0.919. The Morgan fingerprint density at radius 2 is 2.08 bits per heavy atom. The number of nitrogens with one attached hydrogen (secondary N) is 2. The zero-order valence-electron chi connectivity index (χ0n) is 8.11. The van der Waals surface area contributed by atoms with Crippen LogP contribution in [0.5, 0.6) is 0 Å². The van der Waals surface area contributed by atoms with Gasteiger partial charge < -0.3 is 10.1 Å². The molecule has 1 aliphatic rings. The van der Waals surface area contributed by atoms with Crippen molar-refractivity contribution >= 4 is 6.09 Å². The van der Waals surface area contributed by atoms with Gasteiger partial charge in [0, 0.05) is 0 Å². The molecule has 1 fully saturated rings. The van der Waals surface area contributed by atoms with Gasteiger partial charge in [0.15, 0.2) is 0 Å². The van der Waals surface area contributed by atoms with Gasteiger partial charge in [-0.05, 0) is 20.8 Å². The molecule has 5 heteroatoms. The van der Waals surface area contributed by atoms with Gasteiger partial charge in [-0.3, -0.25) is 5.32 Å². The van der Waals surface area contributed by atoms with Crippen LogP contribution in [0.3, 0.4) is 0 Å². The number of amides is 1. The first-order chi connectivity index (χ1) is 5.81. The molecule has 1 saturated heterocycles. The Kier molecular flexibility index (Phi) is 2.47.